The molecule has 1 N–H and O–H groups in total. The monoisotopic (exact) mass is 789 g/mol. The van der Waals surface area contributed by atoms with Crippen molar-refractivity contribution in [3.05, 3.63) is 159 Å². The average molecular weight is 790 g/mol. The van der Waals surface area contributed by atoms with E-state index in [9.17, 15) is 14.7 Å². The lowest BCUT2D eigenvalue weighted by Crippen LogP contribution is -2.51. The quantitative estimate of drug-likeness (QED) is 0.171. The van der Waals surface area contributed by atoms with Crippen molar-refractivity contribution in [3.63, 3.8) is 0 Å². The summed E-state index contributed by atoms with van der Waals surface area (Å²) in [7, 11) is -0.797. The molecule has 1 spiro atoms. The first-order valence-corrected chi connectivity index (χ1v) is 22.6. The largest absolute Gasteiger partial charge is 0.497 e. The molecule has 1 fully saturated rings. The fourth-order valence-electron chi connectivity index (χ4n) is 9.51. The molecular formula is C46H43N5O6Si. The molecule has 4 atom stereocenters. The van der Waals surface area contributed by atoms with Gasteiger partial charge in [0.1, 0.15) is 5.75 Å². The summed E-state index contributed by atoms with van der Waals surface area (Å²) < 4.78 is 15.4. The third kappa shape index (κ3) is 5.81. The van der Waals surface area contributed by atoms with Crippen LogP contribution in [0, 0.1) is 5.92 Å². The topological polar surface area (TPSA) is 129 Å². The van der Waals surface area contributed by atoms with Crippen LogP contribution >= 0.6 is 0 Å². The molecule has 9 rings (SSSR count). The van der Waals surface area contributed by atoms with Gasteiger partial charge in [-0.15, -0.1) is 0 Å². The number of methoxy groups -OCH3 is 1. The first-order valence-electron chi connectivity index (χ1n) is 19.5. The summed E-state index contributed by atoms with van der Waals surface area (Å²) >= 11 is 0. The highest BCUT2D eigenvalue weighted by Crippen LogP contribution is 2.60. The number of hydrogen-bond acceptors (Lipinski definition) is 8. The molecule has 0 bridgehead atoms. The third-order valence-electron chi connectivity index (χ3n) is 12.4. The molecule has 292 valence electrons. The molecule has 1 saturated heterocycles. The Bertz CT molecular complexity index is 2860. The second-order valence-electron chi connectivity index (χ2n) is 15.8. The van der Waals surface area contributed by atoms with E-state index in [0.29, 0.717) is 39.8 Å². The van der Waals surface area contributed by atoms with E-state index in [1.165, 1.54) is 14.6 Å². The second-order valence-corrected chi connectivity index (χ2v) is 20.5. The van der Waals surface area contributed by atoms with E-state index >= 15 is 4.79 Å². The van der Waals surface area contributed by atoms with Gasteiger partial charge in [-0.2, -0.15) is 19.6 Å². The Morgan fingerprint density at radius 1 is 0.776 bits per heavy atom. The van der Waals surface area contributed by atoms with Gasteiger partial charge in [-0.1, -0.05) is 85.9 Å². The van der Waals surface area contributed by atoms with E-state index in [1.807, 2.05) is 91.0 Å². The van der Waals surface area contributed by atoms with Crippen LogP contribution in [-0.4, -0.2) is 58.5 Å². The number of amides is 1. The Labute approximate surface area is 335 Å². The Morgan fingerprint density at radius 3 is 2.02 bits per heavy atom. The molecule has 4 heterocycles. The normalized spacial score (nSPS) is 20.3. The van der Waals surface area contributed by atoms with Gasteiger partial charge in [-0.3, -0.25) is 14.4 Å². The van der Waals surface area contributed by atoms with Gasteiger partial charge in [0.2, 0.25) is 0 Å². The van der Waals surface area contributed by atoms with E-state index in [4.69, 9.17) is 9.47 Å². The predicted molar refractivity (Wildman–Crippen MR) is 227 cm³/mol. The third-order valence-corrected chi connectivity index (χ3v) is 16.7. The highest BCUT2D eigenvalue weighted by Gasteiger charge is 2.66. The Hall–Kier alpha value is -6.21. The van der Waals surface area contributed by atoms with Crippen molar-refractivity contribution in [3.8, 4) is 17.1 Å². The number of carbonyl (C=O) groups is 1. The van der Waals surface area contributed by atoms with Crippen LogP contribution < -0.4 is 25.9 Å². The van der Waals surface area contributed by atoms with Gasteiger partial charge in [-0.25, -0.2) is 0 Å². The Morgan fingerprint density at radius 2 is 1.40 bits per heavy atom. The van der Waals surface area contributed by atoms with Gasteiger partial charge in [0.05, 0.1) is 68.1 Å². The fourth-order valence-corrected chi connectivity index (χ4v) is 13.6. The predicted octanol–water partition coefficient (Wildman–Crippen LogP) is 6.24. The molecule has 2 aliphatic heterocycles. The lowest BCUT2D eigenvalue weighted by atomic mass is 9.82. The second kappa shape index (κ2) is 14.3. The van der Waals surface area contributed by atoms with Gasteiger partial charge in [0.15, 0.2) is 5.60 Å². The maximum absolute atomic E-state index is 15.5. The van der Waals surface area contributed by atoms with Crippen molar-refractivity contribution in [2.24, 2.45) is 5.92 Å². The summed E-state index contributed by atoms with van der Waals surface area (Å²) in [5, 5.41) is 23.2. The molecule has 11 nitrogen and oxygen atoms in total. The van der Waals surface area contributed by atoms with Crippen LogP contribution in [0.1, 0.15) is 24.5 Å². The van der Waals surface area contributed by atoms with Crippen molar-refractivity contribution in [1.29, 1.82) is 0 Å². The van der Waals surface area contributed by atoms with Gasteiger partial charge in [0.25, 0.3) is 17.0 Å². The van der Waals surface area contributed by atoms with Crippen LogP contribution in [-0.2, 0) is 21.7 Å². The van der Waals surface area contributed by atoms with Gasteiger partial charge in [0, 0.05) is 28.9 Å². The smallest absolute Gasteiger partial charge is 0.279 e. The minimum absolute atomic E-state index is 0.0795. The maximum Gasteiger partial charge on any atom is 0.279 e. The molecule has 0 radical (unpaired) electrons. The first kappa shape index (κ1) is 37.4. The summed E-state index contributed by atoms with van der Waals surface area (Å²) in [6.45, 7) is 6.76. The van der Waals surface area contributed by atoms with E-state index in [1.54, 1.807) is 36.5 Å². The summed E-state index contributed by atoms with van der Waals surface area (Å²) in [5.41, 5.74) is 1.17. The standard InChI is InChI=1S/C46H43N5O6Si/c1-29-42(58(3,4)36-19-17-35(56-2)18-20-36)41(22-23-52)57-46(29)39-25-34(51-44(54)38-15-8-6-12-32(38)27-48-51)16-21-40(39)49(45(46)55)28-30-10-9-13-33(24-30)50-43(53)37-14-7-5-11-31(37)26-47-50/h5-21,24-27,29,41-42,52H,22-23,28H2,1-4H3/t29-,41+,42-,46+/m1/s1. The summed E-state index contributed by atoms with van der Waals surface area (Å²) in [5.74, 6) is 0.216. The van der Waals surface area contributed by atoms with Gasteiger partial charge >= 0.3 is 0 Å². The molecule has 0 saturated carbocycles. The lowest BCUT2D eigenvalue weighted by Gasteiger charge is -2.37. The molecule has 2 aliphatic rings. The highest BCUT2D eigenvalue weighted by atomic mass is 28.3. The Kier molecular flexibility index (Phi) is 9.22. The van der Waals surface area contributed by atoms with Crippen LogP contribution in [0.3, 0.4) is 0 Å². The van der Waals surface area contributed by atoms with Crippen molar-refractivity contribution < 1.29 is 19.4 Å². The number of nitrogens with zero attached hydrogens (tertiary/aromatic N) is 5. The number of rotatable bonds is 9. The maximum atomic E-state index is 15.5. The zero-order valence-corrected chi connectivity index (χ0v) is 33.7. The van der Waals surface area contributed by atoms with Crippen molar-refractivity contribution in [1.82, 2.24) is 19.6 Å². The van der Waals surface area contributed by atoms with Crippen LogP contribution in [0.15, 0.2) is 137 Å². The summed E-state index contributed by atoms with van der Waals surface area (Å²) in [6, 6.07) is 35.9. The van der Waals surface area contributed by atoms with E-state index < -0.39 is 19.8 Å². The molecule has 0 unspecified atom stereocenters. The first-order chi connectivity index (χ1) is 28.1. The number of aromatic nitrogens is 4. The zero-order valence-electron chi connectivity index (χ0n) is 32.7. The molecule has 58 heavy (non-hydrogen) atoms. The van der Waals surface area contributed by atoms with E-state index in [2.05, 4.69) is 42.3 Å². The van der Waals surface area contributed by atoms with E-state index in [-0.39, 0.29) is 41.6 Å². The lowest BCUT2D eigenvalue weighted by molar-refractivity contribution is -0.146. The highest BCUT2D eigenvalue weighted by molar-refractivity contribution is 6.91. The van der Waals surface area contributed by atoms with Crippen LogP contribution in [0.5, 0.6) is 5.75 Å². The number of benzene rings is 5. The zero-order chi connectivity index (χ0) is 40.3. The number of aliphatic hydroxyl groups excluding tert-OH is 1. The molecule has 1 amide bonds. The fraction of sp³-hybridized carbons (Fsp3) is 0.239. The molecule has 0 aliphatic carbocycles. The number of aliphatic hydroxyl groups is 1. The average Bonchev–Trinajstić information content (AvgIpc) is 3.67. The summed E-state index contributed by atoms with van der Waals surface area (Å²) in [6.07, 6.45) is 3.27. The number of carbonyl (C=O) groups excluding carboxylic acids is 1. The number of ether oxygens (including phenoxy) is 2. The number of fused-ring (bicyclic) bond motifs is 4. The van der Waals surface area contributed by atoms with Gasteiger partial charge in [-0.05, 0) is 72.1 Å². The minimum atomic E-state index is -2.44. The molecule has 5 aromatic carbocycles. The van der Waals surface area contributed by atoms with Gasteiger partial charge < -0.3 is 19.5 Å². The molecule has 12 heteroatoms. The number of hydrogen-bond donors (Lipinski definition) is 1. The van der Waals surface area contributed by atoms with E-state index in [0.717, 1.165) is 22.1 Å². The van der Waals surface area contributed by atoms with Crippen LogP contribution in [0.4, 0.5) is 5.69 Å². The molecule has 2 aromatic heterocycles. The summed E-state index contributed by atoms with van der Waals surface area (Å²) in [4.78, 5) is 44.7. The van der Waals surface area contributed by atoms with Crippen molar-refractivity contribution in [2.45, 2.75) is 50.2 Å². The number of anilines is 1. The van der Waals surface area contributed by atoms with Crippen molar-refractivity contribution in [2.75, 3.05) is 18.6 Å². The Balaban J connectivity index is 1.17. The van der Waals surface area contributed by atoms with Crippen LogP contribution in [0.25, 0.3) is 32.9 Å². The SMILES string of the molecule is COc1ccc([Si](C)(C)[C@H]2[C@H](CCO)O[C@@]3(C(=O)N(Cc4cccc(-n5ncc6ccccc6c5=O)c4)c4ccc(-n5ncc6ccccc6c5=O)cc43)[C@@H]2C)cc1. The molecular weight excluding hydrogens is 747 g/mol. The van der Waals surface area contributed by atoms with Crippen molar-refractivity contribution >= 4 is 46.4 Å². The minimum Gasteiger partial charge on any atom is -0.497 e. The molecule has 7 aromatic rings. The van der Waals surface area contributed by atoms with Crippen LogP contribution in [0.2, 0.25) is 18.6 Å².